The molecule has 0 radical (unpaired) electrons. The van der Waals surface area contributed by atoms with E-state index in [1.165, 1.54) is 270 Å². The minimum atomic E-state index is -0.546. The number of carbonyl (C=O) groups is 4. The molecule has 0 saturated heterocycles. The normalized spacial score (nSPS) is 12.4. The second-order valence-electron chi connectivity index (χ2n) is 26.0. The number of rotatable bonds is 72. The number of unbranched alkanes of at least 4 members (excludes halogenated alkanes) is 48. The molecule has 0 spiro atoms. The fraction of sp³-hybridized carbons (Fsp3) is 0.895. The van der Waals surface area contributed by atoms with Gasteiger partial charge in [-0.1, -0.05) is 343 Å². The van der Waals surface area contributed by atoms with Crippen LogP contribution in [0.3, 0.4) is 0 Å². The van der Waals surface area contributed by atoms with E-state index < -0.39 is 12.1 Å². The summed E-state index contributed by atoms with van der Waals surface area (Å²) in [5.74, 6) is 1.26. The molecule has 0 aromatic heterocycles. The summed E-state index contributed by atoms with van der Waals surface area (Å²) in [6.45, 7) is 10.4. The van der Waals surface area contributed by atoms with E-state index in [-0.39, 0.29) is 23.6 Å². The molecule has 2 unspecified atom stereocenters. The third kappa shape index (κ3) is 67.1. The van der Waals surface area contributed by atoms with E-state index >= 15 is 0 Å². The lowest BCUT2D eigenvalue weighted by molar-refractivity contribution is -0.129. The molecule has 11 heteroatoms. The van der Waals surface area contributed by atoms with Gasteiger partial charge in [0.25, 0.3) is 0 Å². The van der Waals surface area contributed by atoms with Crippen LogP contribution in [0.15, 0.2) is 24.3 Å². The van der Waals surface area contributed by atoms with Crippen LogP contribution in [0, 0.1) is 0 Å². The molecule has 0 saturated carbocycles. The highest BCUT2D eigenvalue weighted by molar-refractivity contribution is 9.09. The molecule has 2 atom stereocenters. The van der Waals surface area contributed by atoms with Crippen molar-refractivity contribution in [3.63, 3.8) is 0 Å². The monoisotopic (exact) mass is 1280 g/mol. The van der Waals surface area contributed by atoms with Gasteiger partial charge in [0, 0.05) is 37.4 Å². The van der Waals surface area contributed by atoms with E-state index in [4.69, 9.17) is 0 Å². The Kier molecular flexibility index (Phi) is 72.1. The number of hydrogen-bond acceptors (Lipinski definition) is 7. The average molecular weight is 1280 g/mol. The molecule has 8 nitrogen and oxygen atoms in total. The molecule has 87 heavy (non-hydrogen) atoms. The third-order valence-electron chi connectivity index (χ3n) is 17.4. The summed E-state index contributed by atoms with van der Waals surface area (Å²) in [7, 11) is 5.08. The zero-order valence-electron chi connectivity index (χ0n) is 58.2. The Morgan fingerprint density at radius 3 is 0.759 bits per heavy atom. The summed E-state index contributed by atoms with van der Waals surface area (Å²) in [6, 6.07) is -1.09. The number of hydrogen-bond donors (Lipinski definition) is 4. The highest BCUT2D eigenvalue weighted by Gasteiger charge is 2.22. The van der Waals surface area contributed by atoms with Crippen LogP contribution in [0.4, 0.5) is 0 Å². The molecule has 0 aromatic carbocycles. The topological polar surface area (TPSA) is 116 Å². The van der Waals surface area contributed by atoms with Crippen molar-refractivity contribution < 1.29 is 19.2 Å². The number of amides is 4. The first-order chi connectivity index (χ1) is 42.9. The van der Waals surface area contributed by atoms with Crippen LogP contribution in [-0.4, -0.2) is 60.3 Å². The maximum absolute atomic E-state index is 13.6. The smallest absolute Gasteiger partial charge is 0.242 e. The fourth-order valence-electron chi connectivity index (χ4n) is 11.5. The molecule has 0 heterocycles. The van der Waals surface area contributed by atoms with Crippen LogP contribution in [0.25, 0.3) is 0 Å². The van der Waals surface area contributed by atoms with E-state index in [1.54, 1.807) is 31.4 Å². The van der Waals surface area contributed by atoms with Crippen molar-refractivity contribution in [2.75, 3.05) is 24.6 Å². The molecule has 4 N–H and O–H groups in total. The van der Waals surface area contributed by atoms with Crippen LogP contribution in [0.5, 0.6) is 0 Å². The van der Waals surface area contributed by atoms with Gasteiger partial charge in [-0.25, -0.2) is 0 Å². The predicted molar refractivity (Wildman–Crippen MR) is 391 cm³/mol. The minimum Gasteiger partial charge on any atom is -0.354 e. The van der Waals surface area contributed by atoms with Gasteiger partial charge in [0.2, 0.25) is 23.6 Å². The Balaban J connectivity index is 5.05. The van der Waals surface area contributed by atoms with Crippen molar-refractivity contribution in [1.29, 1.82) is 0 Å². The second-order valence-corrected chi connectivity index (χ2v) is 30.4. The maximum Gasteiger partial charge on any atom is 0.242 e. The van der Waals surface area contributed by atoms with Crippen LogP contribution in [-0.2, 0) is 19.2 Å². The summed E-state index contributed by atoms with van der Waals surface area (Å²) >= 11 is 0. The van der Waals surface area contributed by atoms with E-state index in [1.807, 2.05) is 0 Å². The molecule has 0 bridgehead atoms. The fourth-order valence-corrected chi connectivity index (χ4v) is 15.4. The molecule has 0 fully saturated rings. The minimum absolute atomic E-state index is 0.0238. The average Bonchev–Trinajstić information content (AvgIpc) is 3.52. The number of nitrogens with one attached hydrogen (secondary N) is 4. The lowest BCUT2D eigenvalue weighted by atomic mass is 10.0. The Bertz CT molecular complexity index is 1410. The SMILES string of the molecule is CCCCCCCC/C=C/CCCCCCCC(=O)NC(CCSSSCCC(NC(=O)CCCCCCC/C=C/CCCCCCCC)C(=O)NCCCCCCCCCCCCCCCC)C(=O)NCCCCCCCCCCCCCCCC. The van der Waals surface area contributed by atoms with Crippen molar-refractivity contribution in [2.45, 2.75) is 412 Å². The molecule has 0 rings (SSSR count). The van der Waals surface area contributed by atoms with Gasteiger partial charge in [0.1, 0.15) is 12.1 Å². The summed E-state index contributed by atoms with van der Waals surface area (Å²) in [4.78, 5) is 53.8. The van der Waals surface area contributed by atoms with Crippen LogP contribution < -0.4 is 21.3 Å². The van der Waals surface area contributed by atoms with Gasteiger partial charge in [-0.05, 0) is 99.7 Å². The summed E-state index contributed by atoms with van der Waals surface area (Å²) in [5, 5.41) is 12.6. The number of allylic oxidation sites excluding steroid dienone is 4. The van der Waals surface area contributed by atoms with Crippen molar-refractivity contribution in [1.82, 2.24) is 21.3 Å². The van der Waals surface area contributed by atoms with Crippen LogP contribution >= 0.6 is 31.4 Å². The standard InChI is InChI=1S/C76H146N4O4S3/c1-5-9-13-17-21-25-29-33-37-39-43-47-51-55-59-63-73(81)79-71(75(83)77-67-61-57-53-49-45-41-35-31-27-23-19-15-11-7-3)65-69-85-87-86-70-66-72(76(84)78-68-62-58-54-50-46-42-36-32-28-24-20-16-12-8-4)80-74(82)64-60-56-52-48-44-40-38-34-30-26-22-18-14-10-6-2/h33-34,37-38,71-72H,5-32,35-36,39-70H2,1-4H3,(H,77,83)(H,78,84)(H,79,81)(H,80,82)/b37-33+,38-34+. The van der Waals surface area contributed by atoms with E-state index in [0.717, 1.165) is 88.6 Å². The number of carbonyl (C=O) groups excluding carboxylic acids is 4. The zero-order chi connectivity index (χ0) is 63.1. The van der Waals surface area contributed by atoms with E-state index in [2.05, 4.69) is 73.3 Å². The molecular formula is C76H146N4O4S3. The first-order valence-corrected chi connectivity index (χ1v) is 42.1. The Labute approximate surface area is 553 Å². The summed E-state index contributed by atoms with van der Waals surface area (Å²) < 4.78 is 0. The lowest BCUT2D eigenvalue weighted by Crippen LogP contribution is -2.47. The molecule has 4 amide bonds. The van der Waals surface area contributed by atoms with Crippen LogP contribution in [0.1, 0.15) is 400 Å². The van der Waals surface area contributed by atoms with Crippen molar-refractivity contribution in [3.05, 3.63) is 24.3 Å². The van der Waals surface area contributed by atoms with Gasteiger partial charge < -0.3 is 21.3 Å². The highest BCUT2D eigenvalue weighted by Crippen LogP contribution is 2.36. The van der Waals surface area contributed by atoms with E-state index in [9.17, 15) is 19.2 Å². The molecule has 0 aromatic rings. The van der Waals surface area contributed by atoms with Gasteiger partial charge in [0.05, 0.1) is 0 Å². The first kappa shape index (κ1) is 85.4. The van der Waals surface area contributed by atoms with Gasteiger partial charge in [-0.15, -0.1) is 0 Å². The van der Waals surface area contributed by atoms with Gasteiger partial charge in [-0.2, -0.15) is 0 Å². The zero-order valence-corrected chi connectivity index (χ0v) is 60.6. The first-order valence-electron chi connectivity index (χ1n) is 38.2. The van der Waals surface area contributed by atoms with Crippen molar-refractivity contribution in [3.8, 4) is 0 Å². The summed E-state index contributed by atoms with van der Waals surface area (Å²) in [6.07, 6.45) is 79.8. The predicted octanol–water partition coefficient (Wildman–Crippen LogP) is 24.0. The quantitative estimate of drug-likeness (QED) is 0.0272. The highest BCUT2D eigenvalue weighted by atomic mass is 33.5. The summed E-state index contributed by atoms with van der Waals surface area (Å²) in [5.41, 5.74) is 0. The third-order valence-corrected chi connectivity index (χ3v) is 21.7. The molecular weight excluding hydrogens is 1130 g/mol. The Hall–Kier alpha value is -1.59. The molecule has 0 aliphatic heterocycles. The van der Waals surface area contributed by atoms with Gasteiger partial charge >= 0.3 is 0 Å². The van der Waals surface area contributed by atoms with Crippen LogP contribution in [0.2, 0.25) is 0 Å². The Morgan fingerprint density at radius 1 is 0.287 bits per heavy atom. The molecule has 0 aliphatic carbocycles. The molecule has 0 aliphatic rings. The van der Waals surface area contributed by atoms with Gasteiger partial charge in [-0.3, -0.25) is 19.2 Å². The lowest BCUT2D eigenvalue weighted by Gasteiger charge is -2.19. The van der Waals surface area contributed by atoms with Crippen molar-refractivity contribution in [2.24, 2.45) is 0 Å². The van der Waals surface area contributed by atoms with Gasteiger partial charge in [0.15, 0.2) is 0 Å². The van der Waals surface area contributed by atoms with Crippen molar-refractivity contribution >= 4 is 55.0 Å². The Morgan fingerprint density at radius 2 is 0.506 bits per heavy atom. The maximum atomic E-state index is 13.6. The second kappa shape index (κ2) is 73.5. The van der Waals surface area contributed by atoms with E-state index in [0.29, 0.717) is 38.8 Å². The molecule has 512 valence electrons. The largest absolute Gasteiger partial charge is 0.354 e.